The highest BCUT2D eigenvalue weighted by molar-refractivity contribution is 9.15. The first-order valence-corrected chi connectivity index (χ1v) is 9.66. The van der Waals surface area contributed by atoms with Crippen molar-refractivity contribution in [3.05, 3.63) is 51.1 Å². The Morgan fingerprint density at radius 2 is 1.20 bits per heavy atom. The van der Waals surface area contributed by atoms with Gasteiger partial charge in [-0.05, 0) is 114 Å². The third kappa shape index (κ3) is 4.98. The highest BCUT2D eigenvalue weighted by Gasteiger charge is 2.10. The van der Waals surface area contributed by atoms with Crippen molar-refractivity contribution < 1.29 is 10.2 Å². The van der Waals surface area contributed by atoms with Gasteiger partial charge in [0.25, 0.3) is 0 Å². The van der Waals surface area contributed by atoms with Crippen LogP contribution in [0, 0.1) is 0 Å². The zero-order chi connectivity index (χ0) is 15.4. The number of halogens is 6. The quantitative estimate of drug-likeness (QED) is 0.229. The summed E-state index contributed by atoms with van der Waals surface area (Å²) in [5, 5.41) is 18.3. The predicted octanol–water partition coefficient (Wildman–Crippen LogP) is 7.36. The van der Waals surface area contributed by atoms with Gasteiger partial charge in [-0.2, -0.15) is 0 Å². The van der Waals surface area contributed by atoms with Crippen molar-refractivity contribution in [2.45, 2.75) is 0 Å². The van der Waals surface area contributed by atoms with E-state index in [1.54, 1.807) is 18.2 Å². The van der Waals surface area contributed by atoms with Gasteiger partial charge in [0.05, 0.1) is 13.4 Å². The fourth-order valence-corrected chi connectivity index (χ4v) is 3.66. The molecular formula is C12H6Br6O2. The van der Waals surface area contributed by atoms with E-state index in [2.05, 4.69) is 95.6 Å². The normalized spacial score (nSPS) is 9.90. The topological polar surface area (TPSA) is 40.5 Å². The SMILES string of the molecule is Oc1cc(Br)c(Br)c(Br)c1Br.Oc1cccc(Br)c1Br. The molecule has 2 N–H and O–H groups in total. The molecule has 0 unspecified atom stereocenters. The Hall–Kier alpha value is 0.920. The molecule has 0 atom stereocenters. The van der Waals surface area contributed by atoms with Crippen LogP contribution in [0.25, 0.3) is 0 Å². The summed E-state index contributed by atoms with van der Waals surface area (Å²) in [6.07, 6.45) is 0. The van der Waals surface area contributed by atoms with Gasteiger partial charge in [-0.3, -0.25) is 0 Å². The minimum atomic E-state index is 0.201. The van der Waals surface area contributed by atoms with Gasteiger partial charge in [0.15, 0.2) is 0 Å². The number of benzene rings is 2. The maximum absolute atomic E-state index is 9.28. The van der Waals surface area contributed by atoms with Crippen LogP contribution in [-0.4, -0.2) is 10.2 Å². The molecule has 0 heterocycles. The van der Waals surface area contributed by atoms with Crippen molar-refractivity contribution in [3.63, 3.8) is 0 Å². The first-order chi connectivity index (χ1) is 9.25. The third-order valence-electron chi connectivity index (χ3n) is 2.01. The van der Waals surface area contributed by atoms with Crippen molar-refractivity contribution in [2.24, 2.45) is 0 Å². The maximum Gasteiger partial charge on any atom is 0.132 e. The molecular weight excluding hydrogens is 656 g/mol. The van der Waals surface area contributed by atoms with Crippen molar-refractivity contribution in [1.29, 1.82) is 0 Å². The van der Waals surface area contributed by atoms with E-state index in [1.807, 2.05) is 6.07 Å². The fourth-order valence-electron chi connectivity index (χ4n) is 1.05. The molecule has 2 rings (SSSR count). The summed E-state index contributed by atoms with van der Waals surface area (Å²) < 4.78 is 4.69. The molecule has 8 heteroatoms. The van der Waals surface area contributed by atoms with E-state index >= 15 is 0 Å². The Morgan fingerprint density at radius 1 is 0.600 bits per heavy atom. The van der Waals surface area contributed by atoms with E-state index in [9.17, 15) is 5.11 Å². The zero-order valence-corrected chi connectivity index (χ0v) is 19.0. The van der Waals surface area contributed by atoms with Crippen LogP contribution < -0.4 is 0 Å². The summed E-state index contributed by atoms with van der Waals surface area (Å²) in [5.74, 6) is 0.455. The summed E-state index contributed by atoms with van der Waals surface area (Å²) in [6, 6.07) is 6.85. The highest BCUT2D eigenvalue weighted by Crippen LogP contribution is 2.41. The Bertz CT molecular complexity index is 583. The van der Waals surface area contributed by atoms with Crippen LogP contribution in [0.3, 0.4) is 0 Å². The minimum absolute atomic E-state index is 0.201. The average Bonchev–Trinajstić information content (AvgIpc) is 2.41. The van der Waals surface area contributed by atoms with Gasteiger partial charge in [-0.15, -0.1) is 0 Å². The average molecular weight is 662 g/mol. The summed E-state index contributed by atoms with van der Waals surface area (Å²) in [4.78, 5) is 0. The fraction of sp³-hybridized carbons (Fsp3) is 0. The highest BCUT2D eigenvalue weighted by atomic mass is 79.9. The van der Waals surface area contributed by atoms with Crippen molar-refractivity contribution in [2.75, 3.05) is 0 Å². The van der Waals surface area contributed by atoms with Gasteiger partial charge in [-0.25, -0.2) is 0 Å². The molecule has 0 aliphatic heterocycles. The Morgan fingerprint density at radius 3 is 1.70 bits per heavy atom. The number of phenols is 2. The largest absolute Gasteiger partial charge is 0.507 e. The van der Waals surface area contributed by atoms with Crippen LogP contribution in [0.2, 0.25) is 0 Å². The van der Waals surface area contributed by atoms with Gasteiger partial charge >= 0.3 is 0 Å². The second-order valence-corrected chi connectivity index (χ2v) is 8.27. The minimum Gasteiger partial charge on any atom is -0.507 e. The summed E-state index contributed by atoms with van der Waals surface area (Å²) in [7, 11) is 0. The maximum atomic E-state index is 9.28. The molecule has 0 aliphatic carbocycles. The van der Waals surface area contributed by atoms with Crippen molar-refractivity contribution in [1.82, 2.24) is 0 Å². The molecule has 0 saturated heterocycles. The molecule has 0 fully saturated rings. The first kappa shape index (κ1) is 19.0. The van der Waals surface area contributed by atoms with Crippen LogP contribution in [0.5, 0.6) is 11.5 Å². The Kier molecular flexibility index (Phi) is 8.09. The number of phenolic OH excluding ortho intramolecular Hbond substituents is 2. The van der Waals surface area contributed by atoms with Crippen LogP contribution in [0.1, 0.15) is 0 Å². The molecule has 0 amide bonds. The van der Waals surface area contributed by atoms with E-state index in [0.717, 1.165) is 17.9 Å². The number of rotatable bonds is 0. The lowest BCUT2D eigenvalue weighted by atomic mass is 10.3. The molecule has 2 nitrogen and oxygen atoms in total. The second kappa shape index (κ2) is 8.53. The molecule has 0 spiro atoms. The summed E-state index contributed by atoms with van der Waals surface area (Å²) >= 11 is 19.5. The summed E-state index contributed by atoms with van der Waals surface area (Å²) in [6.45, 7) is 0. The molecule has 108 valence electrons. The van der Waals surface area contributed by atoms with Gasteiger partial charge < -0.3 is 10.2 Å². The van der Waals surface area contributed by atoms with Crippen LogP contribution in [0.15, 0.2) is 51.1 Å². The van der Waals surface area contributed by atoms with Crippen LogP contribution >= 0.6 is 95.6 Å². The predicted molar refractivity (Wildman–Crippen MR) is 102 cm³/mol. The molecule has 2 aromatic rings. The first-order valence-electron chi connectivity index (χ1n) is 4.90. The van der Waals surface area contributed by atoms with E-state index < -0.39 is 0 Å². The van der Waals surface area contributed by atoms with Crippen LogP contribution in [0.4, 0.5) is 0 Å². The van der Waals surface area contributed by atoms with Gasteiger partial charge in [-0.1, -0.05) is 6.07 Å². The van der Waals surface area contributed by atoms with E-state index in [0.29, 0.717) is 8.95 Å². The molecule has 0 saturated carbocycles. The smallest absolute Gasteiger partial charge is 0.132 e. The van der Waals surface area contributed by atoms with Gasteiger partial charge in [0, 0.05) is 13.4 Å². The van der Waals surface area contributed by atoms with Crippen molar-refractivity contribution in [3.8, 4) is 11.5 Å². The van der Waals surface area contributed by atoms with E-state index in [1.165, 1.54) is 0 Å². The molecule has 20 heavy (non-hydrogen) atoms. The number of aromatic hydroxyl groups is 2. The molecule has 0 bridgehead atoms. The standard InChI is InChI=1S/C6H2Br4O.C6H4Br2O/c7-2-1-3(11)5(9)6(10)4(2)8;7-4-2-1-3-5(9)6(4)8/h1,11H;1-3,9H. The molecule has 0 radical (unpaired) electrons. The van der Waals surface area contributed by atoms with E-state index in [4.69, 9.17) is 5.11 Å². The Labute approximate surface area is 166 Å². The molecule has 2 aromatic carbocycles. The van der Waals surface area contributed by atoms with Gasteiger partial charge in [0.1, 0.15) is 11.5 Å². The van der Waals surface area contributed by atoms with Gasteiger partial charge in [0.2, 0.25) is 0 Å². The Balaban J connectivity index is 0.000000204. The number of hydrogen-bond donors (Lipinski definition) is 2. The lowest BCUT2D eigenvalue weighted by Gasteiger charge is -2.03. The molecule has 0 aliphatic rings. The lowest BCUT2D eigenvalue weighted by Crippen LogP contribution is -1.76. The molecule has 0 aromatic heterocycles. The lowest BCUT2D eigenvalue weighted by molar-refractivity contribution is 0.470. The third-order valence-corrected chi connectivity index (χ3v) is 8.68. The van der Waals surface area contributed by atoms with E-state index in [-0.39, 0.29) is 11.5 Å². The van der Waals surface area contributed by atoms with Crippen LogP contribution in [-0.2, 0) is 0 Å². The number of hydrogen-bond acceptors (Lipinski definition) is 2. The van der Waals surface area contributed by atoms with Crippen molar-refractivity contribution >= 4 is 95.6 Å². The summed E-state index contributed by atoms with van der Waals surface area (Å²) in [5.41, 5.74) is 0. The zero-order valence-electron chi connectivity index (χ0n) is 9.47. The second-order valence-electron chi connectivity index (χ2n) is 3.39. The monoisotopic (exact) mass is 656 g/mol.